The quantitative estimate of drug-likeness (QED) is 0.612. The Morgan fingerprint density at radius 1 is 1.07 bits per heavy atom. The average Bonchev–Trinajstić information content (AvgIpc) is 3.16. The van der Waals surface area contributed by atoms with Gasteiger partial charge in [-0.2, -0.15) is 0 Å². The number of hydrogen-bond acceptors (Lipinski definition) is 6. The number of morpholine rings is 1. The standard InChI is InChI=1S/C20H21BrN4OS/c21-17-7-6-16(18(13-17)25-8-10-26-11-9-25)14-22-20-24-23-19(27-20)12-15-4-2-1-3-5-15/h1-7,13H,8-12,14H2,(H,22,24). The van der Waals surface area contributed by atoms with Gasteiger partial charge in [0.05, 0.1) is 13.2 Å². The average molecular weight is 445 g/mol. The zero-order chi connectivity index (χ0) is 18.5. The highest BCUT2D eigenvalue weighted by atomic mass is 79.9. The van der Waals surface area contributed by atoms with Gasteiger partial charge in [-0.1, -0.05) is 63.7 Å². The number of anilines is 2. The van der Waals surface area contributed by atoms with Gasteiger partial charge in [-0.15, -0.1) is 10.2 Å². The lowest BCUT2D eigenvalue weighted by molar-refractivity contribution is 0.122. The summed E-state index contributed by atoms with van der Waals surface area (Å²) in [7, 11) is 0. The Labute approximate surface area is 171 Å². The lowest BCUT2D eigenvalue weighted by Gasteiger charge is -2.30. The van der Waals surface area contributed by atoms with Crippen molar-refractivity contribution in [1.29, 1.82) is 0 Å². The van der Waals surface area contributed by atoms with Crippen LogP contribution >= 0.6 is 27.3 Å². The maximum absolute atomic E-state index is 5.49. The van der Waals surface area contributed by atoms with E-state index in [0.717, 1.165) is 53.9 Å². The van der Waals surface area contributed by atoms with Crippen LogP contribution in [0.25, 0.3) is 0 Å². The molecule has 1 aliphatic rings. The summed E-state index contributed by atoms with van der Waals surface area (Å²) < 4.78 is 6.58. The van der Waals surface area contributed by atoms with Crippen molar-refractivity contribution >= 4 is 38.1 Å². The van der Waals surface area contributed by atoms with Gasteiger partial charge in [-0.3, -0.25) is 0 Å². The van der Waals surface area contributed by atoms with Gasteiger partial charge in [-0.25, -0.2) is 0 Å². The summed E-state index contributed by atoms with van der Waals surface area (Å²) in [4.78, 5) is 2.38. The van der Waals surface area contributed by atoms with Crippen molar-refractivity contribution in [3.63, 3.8) is 0 Å². The normalized spacial score (nSPS) is 14.3. The van der Waals surface area contributed by atoms with Crippen LogP contribution in [0, 0.1) is 0 Å². The second-order valence-corrected chi connectivity index (χ2v) is 8.37. The lowest BCUT2D eigenvalue weighted by Crippen LogP contribution is -2.36. The molecule has 2 heterocycles. The number of rotatable bonds is 6. The zero-order valence-electron chi connectivity index (χ0n) is 14.9. The maximum Gasteiger partial charge on any atom is 0.205 e. The molecule has 0 spiro atoms. The smallest absolute Gasteiger partial charge is 0.205 e. The van der Waals surface area contributed by atoms with E-state index in [1.165, 1.54) is 16.8 Å². The van der Waals surface area contributed by atoms with Gasteiger partial charge < -0.3 is 15.0 Å². The molecule has 3 aromatic rings. The first kappa shape index (κ1) is 18.4. The fraction of sp³-hybridized carbons (Fsp3) is 0.300. The van der Waals surface area contributed by atoms with Crippen molar-refractivity contribution in [2.45, 2.75) is 13.0 Å². The fourth-order valence-corrected chi connectivity index (χ4v) is 4.24. The van der Waals surface area contributed by atoms with E-state index in [1.807, 2.05) is 6.07 Å². The predicted molar refractivity (Wildman–Crippen MR) is 114 cm³/mol. The topological polar surface area (TPSA) is 50.3 Å². The molecule has 1 fully saturated rings. The van der Waals surface area contributed by atoms with Gasteiger partial charge in [0.1, 0.15) is 5.01 Å². The molecule has 0 saturated carbocycles. The molecule has 7 heteroatoms. The molecule has 2 aromatic carbocycles. The lowest BCUT2D eigenvalue weighted by atomic mass is 10.1. The minimum atomic E-state index is 0.722. The van der Waals surface area contributed by atoms with Crippen LogP contribution in [-0.4, -0.2) is 36.5 Å². The molecule has 5 nitrogen and oxygen atoms in total. The van der Waals surface area contributed by atoms with E-state index in [2.05, 4.69) is 78.8 Å². The van der Waals surface area contributed by atoms with Crippen LogP contribution in [0.5, 0.6) is 0 Å². The third-order valence-electron chi connectivity index (χ3n) is 4.49. The van der Waals surface area contributed by atoms with Crippen molar-refractivity contribution in [3.8, 4) is 0 Å². The summed E-state index contributed by atoms with van der Waals surface area (Å²) in [5.41, 5.74) is 3.75. The highest BCUT2D eigenvalue weighted by molar-refractivity contribution is 9.10. The van der Waals surface area contributed by atoms with Gasteiger partial charge in [-0.05, 0) is 23.3 Å². The number of ether oxygens (including phenoxy) is 1. The Morgan fingerprint density at radius 3 is 2.70 bits per heavy atom. The summed E-state index contributed by atoms with van der Waals surface area (Å²) in [6.45, 7) is 4.12. The number of hydrogen-bond donors (Lipinski definition) is 1. The number of aromatic nitrogens is 2. The highest BCUT2D eigenvalue weighted by Crippen LogP contribution is 2.27. The second-order valence-electron chi connectivity index (χ2n) is 6.39. The Kier molecular flexibility index (Phi) is 6.01. The molecule has 27 heavy (non-hydrogen) atoms. The van der Waals surface area contributed by atoms with E-state index in [0.29, 0.717) is 0 Å². The van der Waals surface area contributed by atoms with Gasteiger partial charge >= 0.3 is 0 Å². The molecule has 0 amide bonds. The van der Waals surface area contributed by atoms with Gasteiger partial charge in [0.15, 0.2) is 0 Å². The van der Waals surface area contributed by atoms with Gasteiger partial charge in [0.25, 0.3) is 0 Å². The summed E-state index contributed by atoms with van der Waals surface area (Å²) >= 11 is 5.21. The van der Waals surface area contributed by atoms with Crippen molar-refractivity contribution in [2.75, 3.05) is 36.5 Å². The first-order chi connectivity index (χ1) is 13.3. The summed E-state index contributed by atoms with van der Waals surface area (Å²) in [5, 5.41) is 13.9. The zero-order valence-corrected chi connectivity index (χ0v) is 17.3. The molecule has 0 radical (unpaired) electrons. The number of benzene rings is 2. The van der Waals surface area contributed by atoms with Crippen molar-refractivity contribution in [1.82, 2.24) is 10.2 Å². The van der Waals surface area contributed by atoms with Crippen LogP contribution in [0.1, 0.15) is 16.1 Å². The SMILES string of the molecule is Brc1ccc(CNc2nnc(Cc3ccccc3)s2)c(N2CCOCC2)c1. The third-order valence-corrected chi connectivity index (χ3v) is 5.87. The summed E-state index contributed by atoms with van der Waals surface area (Å²) in [6.07, 6.45) is 0.817. The van der Waals surface area contributed by atoms with E-state index in [4.69, 9.17) is 4.74 Å². The molecular weight excluding hydrogens is 424 g/mol. The maximum atomic E-state index is 5.49. The molecule has 140 valence electrons. The molecule has 4 rings (SSSR count). The van der Waals surface area contributed by atoms with Crippen LogP contribution in [-0.2, 0) is 17.7 Å². The molecule has 1 aliphatic heterocycles. The third kappa shape index (κ3) is 4.86. The Bertz CT molecular complexity index is 881. The van der Waals surface area contributed by atoms with E-state index >= 15 is 0 Å². The Morgan fingerprint density at radius 2 is 1.89 bits per heavy atom. The van der Waals surface area contributed by atoms with Crippen LogP contribution in [0.2, 0.25) is 0 Å². The monoisotopic (exact) mass is 444 g/mol. The molecule has 1 N–H and O–H groups in total. The largest absolute Gasteiger partial charge is 0.378 e. The highest BCUT2D eigenvalue weighted by Gasteiger charge is 2.15. The van der Waals surface area contributed by atoms with Crippen molar-refractivity contribution in [2.24, 2.45) is 0 Å². The van der Waals surface area contributed by atoms with E-state index in [9.17, 15) is 0 Å². The van der Waals surface area contributed by atoms with Crippen LogP contribution in [0.15, 0.2) is 53.0 Å². The summed E-state index contributed by atoms with van der Waals surface area (Å²) in [5.74, 6) is 0. The molecule has 1 saturated heterocycles. The predicted octanol–water partition coefficient (Wildman–Crippen LogP) is 4.34. The fourth-order valence-electron chi connectivity index (χ4n) is 3.12. The number of nitrogens with zero attached hydrogens (tertiary/aromatic N) is 3. The molecular formula is C20H21BrN4OS. The number of halogens is 1. The number of nitrogens with one attached hydrogen (secondary N) is 1. The molecule has 0 aliphatic carbocycles. The van der Waals surface area contributed by atoms with Gasteiger partial charge in [0.2, 0.25) is 5.13 Å². The first-order valence-corrected chi connectivity index (χ1v) is 10.6. The van der Waals surface area contributed by atoms with E-state index in [1.54, 1.807) is 11.3 Å². The Balaban J connectivity index is 1.43. The first-order valence-electron chi connectivity index (χ1n) is 8.99. The van der Waals surface area contributed by atoms with E-state index < -0.39 is 0 Å². The van der Waals surface area contributed by atoms with Crippen molar-refractivity contribution < 1.29 is 4.74 Å². The minimum Gasteiger partial charge on any atom is -0.378 e. The molecule has 0 unspecified atom stereocenters. The molecule has 0 bridgehead atoms. The second kappa shape index (κ2) is 8.82. The van der Waals surface area contributed by atoms with Crippen LogP contribution in [0.3, 0.4) is 0 Å². The van der Waals surface area contributed by atoms with E-state index in [-0.39, 0.29) is 0 Å². The van der Waals surface area contributed by atoms with Crippen LogP contribution < -0.4 is 10.2 Å². The van der Waals surface area contributed by atoms with Gasteiger partial charge in [0, 0.05) is 36.2 Å². The molecule has 1 aromatic heterocycles. The summed E-state index contributed by atoms with van der Waals surface area (Å²) in [6, 6.07) is 16.8. The Hall–Kier alpha value is -1.96. The van der Waals surface area contributed by atoms with Crippen LogP contribution in [0.4, 0.5) is 10.8 Å². The van der Waals surface area contributed by atoms with Crippen molar-refractivity contribution in [3.05, 3.63) is 69.1 Å². The molecule has 0 atom stereocenters. The minimum absolute atomic E-state index is 0.722.